The molecule has 124 valence electrons. The van der Waals surface area contributed by atoms with E-state index in [4.69, 9.17) is 0 Å². The van der Waals surface area contributed by atoms with E-state index in [1.807, 2.05) is 0 Å². The lowest BCUT2D eigenvalue weighted by molar-refractivity contribution is -0.137. The molecule has 0 N–H and O–H groups in total. The average Bonchev–Trinajstić information content (AvgIpc) is 2.44. The number of benzene rings is 1. The molecule has 0 fully saturated rings. The van der Waals surface area contributed by atoms with Crippen molar-refractivity contribution in [2.75, 3.05) is 0 Å². The van der Waals surface area contributed by atoms with Crippen LogP contribution in [0.2, 0.25) is 0 Å². The zero-order valence-electron chi connectivity index (χ0n) is 11.5. The molecule has 1 aliphatic rings. The smallest absolute Gasteiger partial charge is 0.166 e. The van der Waals surface area contributed by atoms with Gasteiger partial charge in [0.25, 0.3) is 0 Å². The number of alkyl halides is 6. The number of hydrogen-bond acceptors (Lipinski definition) is 0. The summed E-state index contributed by atoms with van der Waals surface area (Å²) in [5, 5.41) is 0. The van der Waals surface area contributed by atoms with Crippen molar-refractivity contribution in [1.29, 1.82) is 0 Å². The first kappa shape index (κ1) is 17.8. The normalized spacial score (nSPS) is 19.7. The van der Waals surface area contributed by atoms with Crippen molar-refractivity contribution in [2.45, 2.75) is 18.8 Å². The molecule has 1 aliphatic carbocycles. The fourth-order valence-corrected chi connectivity index (χ4v) is 2.65. The topological polar surface area (TPSA) is 0 Å². The molecular formula is C16H11BrF6. The predicted molar refractivity (Wildman–Crippen MR) is 79.7 cm³/mol. The summed E-state index contributed by atoms with van der Waals surface area (Å²) in [4.78, 5) is 0. The Balaban J connectivity index is 2.09. The van der Waals surface area contributed by atoms with Gasteiger partial charge in [0.05, 0.1) is 5.56 Å². The summed E-state index contributed by atoms with van der Waals surface area (Å²) in [6.07, 6.45) is -3.02. The van der Waals surface area contributed by atoms with Gasteiger partial charge in [-0.05, 0) is 30.0 Å². The summed E-state index contributed by atoms with van der Waals surface area (Å²) in [7, 11) is 0. The molecule has 0 spiro atoms. The molecule has 0 bridgehead atoms. The lowest BCUT2D eigenvalue weighted by atomic mass is 9.93. The lowest BCUT2D eigenvalue weighted by Crippen LogP contribution is -2.17. The summed E-state index contributed by atoms with van der Waals surface area (Å²) in [5.41, 5.74) is -0.922. The summed E-state index contributed by atoms with van der Waals surface area (Å²) in [6, 6.07) is 4.44. The van der Waals surface area contributed by atoms with Crippen LogP contribution in [0.15, 0.2) is 52.5 Å². The average molecular weight is 397 g/mol. The van der Waals surface area contributed by atoms with Crippen LogP contribution in [0.5, 0.6) is 0 Å². The van der Waals surface area contributed by atoms with Crippen molar-refractivity contribution < 1.29 is 26.3 Å². The van der Waals surface area contributed by atoms with Gasteiger partial charge in [0.15, 0.2) is 0 Å². The molecule has 1 unspecified atom stereocenters. The largest absolute Gasteiger partial charge is 0.416 e. The van der Waals surface area contributed by atoms with Gasteiger partial charge in [-0.25, -0.2) is 0 Å². The Bertz CT molecular complexity index is 647. The summed E-state index contributed by atoms with van der Waals surface area (Å²) in [6.45, 7) is 0. The Morgan fingerprint density at radius 2 is 1.57 bits per heavy atom. The number of allylic oxidation sites excluding steroid dienone is 5. The molecule has 0 aromatic heterocycles. The first-order valence-electron chi connectivity index (χ1n) is 6.57. The SMILES string of the molecule is FC(F)(F)C1=C(Br)C=CC(/C=C/c2ccc(C(F)(F)F)cc2)C1. The molecular weight excluding hydrogens is 386 g/mol. The van der Waals surface area contributed by atoms with E-state index in [0.717, 1.165) is 12.1 Å². The molecule has 1 aromatic carbocycles. The Labute approximate surface area is 137 Å². The van der Waals surface area contributed by atoms with Crippen LogP contribution in [0.4, 0.5) is 26.3 Å². The van der Waals surface area contributed by atoms with Crippen LogP contribution in [0.3, 0.4) is 0 Å². The standard InChI is InChI=1S/C16H11BrF6/c17-14-8-5-11(9-13(14)16(21,22)23)2-1-10-3-6-12(7-4-10)15(18,19)20/h1-8,11H,9H2/b2-1+. The van der Waals surface area contributed by atoms with Crippen molar-refractivity contribution >= 4 is 22.0 Å². The van der Waals surface area contributed by atoms with E-state index in [1.54, 1.807) is 12.2 Å². The first-order valence-corrected chi connectivity index (χ1v) is 7.36. The maximum atomic E-state index is 12.8. The van der Waals surface area contributed by atoms with Crippen LogP contribution < -0.4 is 0 Å². The van der Waals surface area contributed by atoms with Gasteiger partial charge in [0, 0.05) is 10.1 Å². The highest BCUT2D eigenvalue weighted by Crippen LogP contribution is 2.39. The Hall–Kier alpha value is -1.50. The number of halogens is 7. The molecule has 0 heterocycles. The van der Waals surface area contributed by atoms with Gasteiger partial charge in [-0.15, -0.1) is 0 Å². The molecule has 1 atom stereocenters. The molecule has 0 aliphatic heterocycles. The highest BCUT2D eigenvalue weighted by molar-refractivity contribution is 9.11. The van der Waals surface area contributed by atoms with Crippen LogP contribution in [0, 0.1) is 5.92 Å². The van der Waals surface area contributed by atoms with Crippen LogP contribution in [-0.4, -0.2) is 6.18 Å². The van der Waals surface area contributed by atoms with E-state index in [2.05, 4.69) is 15.9 Å². The maximum absolute atomic E-state index is 12.8. The van der Waals surface area contributed by atoms with E-state index < -0.39 is 29.4 Å². The number of hydrogen-bond donors (Lipinski definition) is 0. The van der Waals surface area contributed by atoms with E-state index in [9.17, 15) is 26.3 Å². The number of rotatable bonds is 2. The van der Waals surface area contributed by atoms with E-state index >= 15 is 0 Å². The van der Waals surface area contributed by atoms with Gasteiger partial charge in [-0.2, -0.15) is 26.3 Å². The van der Waals surface area contributed by atoms with Crippen LogP contribution in [0.25, 0.3) is 6.08 Å². The minimum atomic E-state index is -4.41. The van der Waals surface area contributed by atoms with Gasteiger partial charge in [0.1, 0.15) is 0 Å². The third kappa shape index (κ3) is 4.73. The molecule has 2 rings (SSSR count). The van der Waals surface area contributed by atoms with E-state index in [1.165, 1.54) is 24.3 Å². The molecule has 7 heteroatoms. The predicted octanol–water partition coefficient (Wildman–Crippen LogP) is 6.51. The highest BCUT2D eigenvalue weighted by atomic mass is 79.9. The van der Waals surface area contributed by atoms with Crippen LogP contribution >= 0.6 is 15.9 Å². The second-order valence-corrected chi connectivity index (χ2v) is 5.88. The second kappa shape index (κ2) is 6.55. The van der Waals surface area contributed by atoms with Crippen LogP contribution in [-0.2, 0) is 6.18 Å². The highest BCUT2D eigenvalue weighted by Gasteiger charge is 2.37. The fourth-order valence-electron chi connectivity index (χ4n) is 2.11. The maximum Gasteiger partial charge on any atom is 0.416 e. The minimum absolute atomic E-state index is 0.00387. The second-order valence-electron chi connectivity index (χ2n) is 5.03. The van der Waals surface area contributed by atoms with Crippen molar-refractivity contribution in [3.8, 4) is 0 Å². The molecule has 0 saturated carbocycles. The molecule has 0 saturated heterocycles. The van der Waals surface area contributed by atoms with Gasteiger partial charge in [-0.1, -0.05) is 52.4 Å². The molecule has 0 amide bonds. The Morgan fingerprint density at radius 1 is 0.957 bits per heavy atom. The van der Waals surface area contributed by atoms with Gasteiger partial charge in [-0.3, -0.25) is 0 Å². The first-order chi connectivity index (χ1) is 10.6. The molecule has 0 radical (unpaired) electrons. The molecule has 0 nitrogen and oxygen atoms in total. The third-order valence-corrected chi connectivity index (χ3v) is 4.08. The molecule has 1 aromatic rings. The summed E-state index contributed by atoms with van der Waals surface area (Å²) >= 11 is 2.88. The van der Waals surface area contributed by atoms with Gasteiger partial charge < -0.3 is 0 Å². The zero-order chi connectivity index (χ0) is 17.3. The van der Waals surface area contributed by atoms with Crippen LogP contribution in [0.1, 0.15) is 17.5 Å². The van der Waals surface area contributed by atoms with Crippen molar-refractivity contribution in [2.24, 2.45) is 5.92 Å². The zero-order valence-corrected chi connectivity index (χ0v) is 13.1. The molecule has 23 heavy (non-hydrogen) atoms. The van der Waals surface area contributed by atoms with E-state index in [-0.39, 0.29) is 10.9 Å². The fraction of sp³-hybridized carbons (Fsp3) is 0.250. The summed E-state index contributed by atoms with van der Waals surface area (Å²) in [5.74, 6) is -0.463. The third-order valence-electron chi connectivity index (χ3n) is 3.33. The van der Waals surface area contributed by atoms with Crippen molar-refractivity contribution in [3.63, 3.8) is 0 Å². The summed E-state index contributed by atoms with van der Waals surface area (Å²) < 4.78 is 75.8. The lowest BCUT2D eigenvalue weighted by Gasteiger charge is -2.20. The van der Waals surface area contributed by atoms with Crippen molar-refractivity contribution in [3.05, 3.63) is 63.7 Å². The Morgan fingerprint density at radius 3 is 2.09 bits per heavy atom. The van der Waals surface area contributed by atoms with Crippen molar-refractivity contribution in [1.82, 2.24) is 0 Å². The van der Waals surface area contributed by atoms with Gasteiger partial charge in [0.2, 0.25) is 0 Å². The quantitative estimate of drug-likeness (QED) is 0.500. The van der Waals surface area contributed by atoms with E-state index in [0.29, 0.717) is 5.56 Å². The Kier molecular flexibility index (Phi) is 5.08. The van der Waals surface area contributed by atoms with Gasteiger partial charge >= 0.3 is 12.4 Å². The monoisotopic (exact) mass is 396 g/mol. The minimum Gasteiger partial charge on any atom is -0.166 e.